The van der Waals surface area contributed by atoms with Gasteiger partial charge in [-0.1, -0.05) is 18.2 Å². The van der Waals surface area contributed by atoms with Crippen molar-refractivity contribution in [3.63, 3.8) is 0 Å². The van der Waals surface area contributed by atoms with E-state index in [1.807, 2.05) is 6.07 Å². The lowest BCUT2D eigenvalue weighted by Crippen LogP contribution is -2.40. The van der Waals surface area contributed by atoms with Gasteiger partial charge in [-0.05, 0) is 23.6 Å². The van der Waals surface area contributed by atoms with Crippen LogP contribution in [0.1, 0.15) is 20.7 Å². The van der Waals surface area contributed by atoms with Crippen LogP contribution in [0.3, 0.4) is 0 Å². The highest BCUT2D eigenvalue weighted by molar-refractivity contribution is 7.80. The highest BCUT2D eigenvalue weighted by Gasteiger charge is 2.32. The molecule has 0 radical (unpaired) electrons. The van der Waals surface area contributed by atoms with Gasteiger partial charge in [0.1, 0.15) is 0 Å². The zero-order valence-electron chi connectivity index (χ0n) is 10.1. The van der Waals surface area contributed by atoms with Crippen LogP contribution in [0.25, 0.3) is 10.8 Å². The Morgan fingerprint density at radius 1 is 1.11 bits per heavy atom. The molecule has 2 aromatic rings. The van der Waals surface area contributed by atoms with Crippen molar-refractivity contribution in [2.24, 2.45) is 0 Å². The molecule has 0 atom stereocenters. The summed E-state index contributed by atoms with van der Waals surface area (Å²) in [4.78, 5) is 26.7. The molecule has 0 fully saturated rings. The Hall–Kier alpha value is -2.07. The van der Waals surface area contributed by atoms with E-state index in [1.54, 1.807) is 30.3 Å². The van der Waals surface area contributed by atoms with Crippen molar-refractivity contribution in [3.05, 3.63) is 54.1 Å². The number of hydrogen-bond donors (Lipinski definition) is 1. The molecule has 1 heterocycles. The van der Waals surface area contributed by atoms with Gasteiger partial charge >= 0.3 is 0 Å². The van der Waals surface area contributed by atoms with Gasteiger partial charge in [0.15, 0.2) is 0 Å². The van der Waals surface area contributed by atoms with Crippen LogP contribution in [0.2, 0.25) is 0 Å². The molecule has 0 saturated heterocycles. The smallest absolute Gasteiger partial charge is 0.261 e. The van der Waals surface area contributed by atoms with Crippen molar-refractivity contribution in [1.82, 2.24) is 4.90 Å². The Labute approximate surface area is 115 Å². The van der Waals surface area contributed by atoms with Gasteiger partial charge in [-0.2, -0.15) is 0 Å². The Balaban J connectivity index is 2.38. The van der Waals surface area contributed by atoms with Gasteiger partial charge in [0.05, 0.1) is 0 Å². The molecule has 3 rings (SSSR count). The quantitative estimate of drug-likeness (QED) is 0.517. The minimum Gasteiger partial charge on any atom is -0.270 e. The molecular weight excluding hydrogens is 258 g/mol. The molecule has 4 heteroatoms. The van der Waals surface area contributed by atoms with Crippen LogP contribution in [0.4, 0.5) is 0 Å². The van der Waals surface area contributed by atoms with E-state index >= 15 is 0 Å². The second kappa shape index (κ2) is 4.24. The lowest BCUT2D eigenvalue weighted by atomic mass is 9.94. The van der Waals surface area contributed by atoms with Crippen LogP contribution in [-0.4, -0.2) is 23.3 Å². The normalized spacial score (nSPS) is 14.1. The summed E-state index contributed by atoms with van der Waals surface area (Å²) in [6, 6.07) is 8.92. The Bertz CT molecular complexity index is 714. The van der Waals surface area contributed by atoms with E-state index < -0.39 is 0 Å². The van der Waals surface area contributed by atoms with E-state index in [9.17, 15) is 9.59 Å². The molecule has 0 spiro atoms. The summed E-state index contributed by atoms with van der Waals surface area (Å²) in [5.41, 5.74) is 1.09. The van der Waals surface area contributed by atoms with Crippen LogP contribution < -0.4 is 0 Å². The van der Waals surface area contributed by atoms with E-state index in [1.165, 1.54) is 4.90 Å². The molecule has 0 bridgehead atoms. The van der Waals surface area contributed by atoms with Crippen molar-refractivity contribution in [3.8, 4) is 0 Å². The van der Waals surface area contributed by atoms with Crippen molar-refractivity contribution < 1.29 is 9.59 Å². The summed E-state index contributed by atoms with van der Waals surface area (Å²) in [6.07, 6.45) is 1.55. The lowest BCUT2D eigenvalue weighted by Gasteiger charge is -2.26. The average Bonchev–Trinajstić information content (AvgIpc) is 2.42. The fraction of sp³-hybridized carbons (Fsp3) is 0.0667. The van der Waals surface area contributed by atoms with Crippen LogP contribution in [-0.2, 0) is 0 Å². The van der Waals surface area contributed by atoms with Gasteiger partial charge < -0.3 is 0 Å². The zero-order valence-corrected chi connectivity index (χ0v) is 11.0. The topological polar surface area (TPSA) is 37.4 Å². The summed E-state index contributed by atoms with van der Waals surface area (Å²) in [5.74, 6) is -0.552. The number of hydrogen-bond acceptors (Lipinski definition) is 3. The Morgan fingerprint density at radius 2 is 1.79 bits per heavy atom. The molecule has 1 aliphatic rings. The molecular formula is C15H11NO2S. The Morgan fingerprint density at radius 3 is 2.47 bits per heavy atom. The first-order valence-electron chi connectivity index (χ1n) is 5.87. The number of benzene rings is 2. The third kappa shape index (κ3) is 1.60. The maximum absolute atomic E-state index is 12.3. The largest absolute Gasteiger partial charge is 0.270 e. The lowest BCUT2D eigenvalue weighted by molar-refractivity contribution is 0.0629. The number of imide groups is 1. The molecule has 3 nitrogen and oxygen atoms in total. The highest BCUT2D eigenvalue weighted by atomic mass is 32.1. The van der Waals surface area contributed by atoms with Crippen molar-refractivity contribution in [1.29, 1.82) is 0 Å². The van der Waals surface area contributed by atoms with E-state index in [2.05, 4.69) is 19.2 Å². The maximum atomic E-state index is 12.3. The maximum Gasteiger partial charge on any atom is 0.261 e. The van der Waals surface area contributed by atoms with E-state index in [4.69, 9.17) is 0 Å². The minimum atomic E-state index is -0.276. The monoisotopic (exact) mass is 269 g/mol. The fourth-order valence-electron chi connectivity index (χ4n) is 2.43. The van der Waals surface area contributed by atoms with Gasteiger partial charge in [0.2, 0.25) is 0 Å². The van der Waals surface area contributed by atoms with Gasteiger partial charge in [0.25, 0.3) is 11.8 Å². The Kier molecular flexibility index (Phi) is 2.68. The van der Waals surface area contributed by atoms with E-state index in [0.717, 1.165) is 10.3 Å². The number of nitrogens with zero attached hydrogens (tertiary/aromatic N) is 1. The summed E-state index contributed by atoms with van der Waals surface area (Å²) in [6.45, 7) is 3.80. The third-order valence-corrected chi connectivity index (χ3v) is 3.67. The van der Waals surface area contributed by atoms with Crippen molar-refractivity contribution >= 4 is 35.2 Å². The highest BCUT2D eigenvalue weighted by Crippen LogP contribution is 2.33. The first-order chi connectivity index (χ1) is 9.15. The second-order valence-corrected chi connectivity index (χ2v) is 4.85. The number of rotatable bonds is 2. The van der Waals surface area contributed by atoms with Crippen LogP contribution >= 0.6 is 12.6 Å². The van der Waals surface area contributed by atoms with Crippen LogP contribution in [0, 0.1) is 0 Å². The van der Waals surface area contributed by atoms with Gasteiger partial charge in [-0.15, -0.1) is 19.2 Å². The predicted molar refractivity (Wildman–Crippen MR) is 76.8 cm³/mol. The third-order valence-electron chi connectivity index (χ3n) is 3.28. The zero-order chi connectivity index (χ0) is 13.6. The first kappa shape index (κ1) is 12.0. The van der Waals surface area contributed by atoms with Gasteiger partial charge in [0, 0.05) is 28.0 Å². The average molecular weight is 269 g/mol. The molecule has 1 aliphatic heterocycles. The molecule has 2 aromatic carbocycles. The standard InChI is InChI=1S/C15H11NO2S/c1-2-8-16-14(17)10-5-3-4-9-12(19)7-6-11(13(9)10)15(16)18/h2-7,19H,1,8H2. The fourth-order valence-corrected chi connectivity index (χ4v) is 2.69. The van der Waals surface area contributed by atoms with Gasteiger partial charge in [-0.25, -0.2) is 0 Å². The molecule has 19 heavy (non-hydrogen) atoms. The summed E-state index contributed by atoms with van der Waals surface area (Å²) in [7, 11) is 0. The number of thiol groups is 1. The first-order valence-corrected chi connectivity index (χ1v) is 6.31. The predicted octanol–water partition coefficient (Wildman–Crippen LogP) is 2.91. The van der Waals surface area contributed by atoms with Crippen LogP contribution in [0.5, 0.6) is 0 Å². The number of carbonyl (C=O) groups excluding carboxylic acids is 2. The molecule has 0 N–H and O–H groups in total. The summed E-state index contributed by atoms with van der Waals surface area (Å²) in [5, 5.41) is 1.53. The van der Waals surface area contributed by atoms with Gasteiger partial charge in [-0.3, -0.25) is 14.5 Å². The summed E-state index contributed by atoms with van der Waals surface area (Å²) < 4.78 is 0. The molecule has 94 valence electrons. The molecule has 0 unspecified atom stereocenters. The molecule has 0 aromatic heterocycles. The van der Waals surface area contributed by atoms with Crippen molar-refractivity contribution in [2.45, 2.75) is 4.90 Å². The van der Waals surface area contributed by atoms with E-state index in [-0.39, 0.29) is 18.4 Å². The summed E-state index contributed by atoms with van der Waals surface area (Å²) >= 11 is 4.38. The van der Waals surface area contributed by atoms with Crippen molar-refractivity contribution in [2.75, 3.05) is 6.54 Å². The number of amides is 2. The SMILES string of the molecule is C=CCN1C(=O)c2cccc3c(S)ccc(c23)C1=O. The molecule has 2 amide bonds. The van der Waals surface area contributed by atoms with Crippen LogP contribution in [0.15, 0.2) is 47.9 Å². The van der Waals surface area contributed by atoms with E-state index in [0.29, 0.717) is 16.5 Å². The molecule has 0 aliphatic carbocycles. The number of carbonyl (C=O) groups is 2. The molecule has 0 saturated carbocycles. The second-order valence-electron chi connectivity index (χ2n) is 4.37. The minimum absolute atomic E-state index is 0.218.